The molecule has 0 bridgehead atoms. The molecule has 2 amide bonds. The highest BCUT2D eigenvalue weighted by Crippen LogP contribution is 2.30. The number of halogens is 2. The van der Waals surface area contributed by atoms with Gasteiger partial charge in [-0.1, -0.05) is 102 Å². The highest BCUT2D eigenvalue weighted by Gasteiger charge is 2.35. The molecule has 0 spiro atoms. The molecule has 0 aliphatic heterocycles. The van der Waals surface area contributed by atoms with E-state index in [1.165, 1.54) is 35.2 Å². The van der Waals surface area contributed by atoms with Crippen molar-refractivity contribution >= 4 is 50.7 Å². The summed E-state index contributed by atoms with van der Waals surface area (Å²) in [6.07, 6.45) is 0.229. The van der Waals surface area contributed by atoms with Gasteiger partial charge in [-0.05, 0) is 55.3 Å². The fraction of sp³-hybridized carbons (Fsp3) is 0.212. The van der Waals surface area contributed by atoms with Crippen molar-refractivity contribution in [1.82, 2.24) is 10.2 Å². The molecule has 0 aromatic heterocycles. The maximum atomic E-state index is 14.4. The zero-order chi connectivity index (χ0) is 31.0. The molecule has 224 valence electrons. The predicted molar refractivity (Wildman–Crippen MR) is 172 cm³/mol. The molecule has 0 saturated heterocycles. The molecule has 0 radical (unpaired) electrons. The van der Waals surface area contributed by atoms with Gasteiger partial charge in [0.1, 0.15) is 12.6 Å². The lowest BCUT2D eigenvalue weighted by Crippen LogP contribution is -2.54. The summed E-state index contributed by atoms with van der Waals surface area (Å²) < 4.78 is 29.0. The van der Waals surface area contributed by atoms with Gasteiger partial charge in [-0.25, -0.2) is 8.42 Å². The van der Waals surface area contributed by atoms with Crippen LogP contribution in [0.5, 0.6) is 0 Å². The Labute approximate surface area is 263 Å². The van der Waals surface area contributed by atoms with E-state index < -0.39 is 28.5 Å². The number of nitrogens with zero attached hydrogens (tertiary/aromatic N) is 2. The van der Waals surface area contributed by atoms with Crippen molar-refractivity contribution in [1.29, 1.82) is 0 Å². The Morgan fingerprint density at radius 2 is 1.28 bits per heavy atom. The molecule has 43 heavy (non-hydrogen) atoms. The van der Waals surface area contributed by atoms with Crippen LogP contribution in [0.1, 0.15) is 25.0 Å². The van der Waals surface area contributed by atoms with Crippen molar-refractivity contribution in [2.45, 2.75) is 43.8 Å². The van der Waals surface area contributed by atoms with Crippen molar-refractivity contribution in [2.75, 3.05) is 10.8 Å². The van der Waals surface area contributed by atoms with Crippen molar-refractivity contribution in [3.05, 3.63) is 130 Å². The van der Waals surface area contributed by atoms with E-state index in [0.29, 0.717) is 0 Å². The Bertz CT molecular complexity index is 1620. The second-order valence-electron chi connectivity index (χ2n) is 10.3. The van der Waals surface area contributed by atoms with Gasteiger partial charge in [0, 0.05) is 29.1 Å². The number of carbonyl (C=O) groups excluding carboxylic acids is 2. The van der Waals surface area contributed by atoms with Crippen molar-refractivity contribution in [2.24, 2.45) is 0 Å². The zero-order valence-electron chi connectivity index (χ0n) is 23.9. The first-order chi connectivity index (χ1) is 20.5. The molecule has 10 heteroatoms. The van der Waals surface area contributed by atoms with Crippen LogP contribution in [0.4, 0.5) is 5.69 Å². The summed E-state index contributed by atoms with van der Waals surface area (Å²) >= 11 is 12.5. The van der Waals surface area contributed by atoms with Crippen LogP contribution in [-0.4, -0.2) is 43.8 Å². The van der Waals surface area contributed by atoms with E-state index in [9.17, 15) is 18.0 Å². The molecule has 1 N–H and O–H groups in total. The van der Waals surface area contributed by atoms with Gasteiger partial charge in [0.2, 0.25) is 11.8 Å². The maximum Gasteiger partial charge on any atom is 0.264 e. The Kier molecular flexibility index (Phi) is 10.9. The third-order valence-corrected chi connectivity index (χ3v) is 8.87. The zero-order valence-corrected chi connectivity index (χ0v) is 26.2. The smallest absolute Gasteiger partial charge is 0.264 e. The minimum atomic E-state index is -4.24. The van der Waals surface area contributed by atoms with Gasteiger partial charge in [-0.15, -0.1) is 0 Å². The molecule has 7 nitrogen and oxygen atoms in total. The number of hydrogen-bond acceptors (Lipinski definition) is 4. The van der Waals surface area contributed by atoms with Crippen LogP contribution in [0.2, 0.25) is 10.0 Å². The molecule has 1 atom stereocenters. The van der Waals surface area contributed by atoms with Gasteiger partial charge in [0.25, 0.3) is 10.0 Å². The summed E-state index contributed by atoms with van der Waals surface area (Å²) in [6.45, 7) is 3.18. The van der Waals surface area contributed by atoms with Gasteiger partial charge in [-0.3, -0.25) is 13.9 Å². The first-order valence-corrected chi connectivity index (χ1v) is 16.0. The topological polar surface area (TPSA) is 86.8 Å². The van der Waals surface area contributed by atoms with Crippen LogP contribution in [0.3, 0.4) is 0 Å². The quantitative estimate of drug-likeness (QED) is 0.196. The maximum absolute atomic E-state index is 14.4. The lowest BCUT2D eigenvalue weighted by molar-refractivity contribution is -0.140. The summed E-state index contributed by atoms with van der Waals surface area (Å²) in [7, 11) is -4.24. The first-order valence-electron chi connectivity index (χ1n) is 13.8. The summed E-state index contributed by atoms with van der Waals surface area (Å²) in [4.78, 5) is 29.5. The molecule has 0 heterocycles. The van der Waals surface area contributed by atoms with Gasteiger partial charge >= 0.3 is 0 Å². The number of anilines is 1. The Balaban J connectivity index is 1.81. The number of carbonyl (C=O) groups is 2. The van der Waals surface area contributed by atoms with E-state index in [2.05, 4.69) is 5.32 Å². The van der Waals surface area contributed by atoms with Crippen LogP contribution in [0.15, 0.2) is 114 Å². The fourth-order valence-corrected chi connectivity index (χ4v) is 6.58. The third kappa shape index (κ3) is 8.60. The van der Waals surface area contributed by atoms with Gasteiger partial charge in [0.15, 0.2) is 0 Å². The minimum Gasteiger partial charge on any atom is -0.352 e. The molecule has 4 aromatic rings. The number of rotatable bonds is 12. The molecule has 0 saturated carbocycles. The Hall–Kier alpha value is -3.85. The molecular formula is C33H33Cl2N3O4S. The van der Waals surface area contributed by atoms with Crippen LogP contribution in [0, 0.1) is 0 Å². The molecular weight excluding hydrogens is 605 g/mol. The molecule has 4 aromatic carbocycles. The van der Waals surface area contributed by atoms with Gasteiger partial charge < -0.3 is 10.2 Å². The van der Waals surface area contributed by atoms with Crippen LogP contribution < -0.4 is 9.62 Å². The van der Waals surface area contributed by atoms with E-state index in [-0.39, 0.29) is 45.5 Å². The highest BCUT2D eigenvalue weighted by molar-refractivity contribution is 7.92. The number of amides is 2. The summed E-state index contributed by atoms with van der Waals surface area (Å²) in [5, 5.41) is 3.36. The molecule has 0 unspecified atom stereocenters. The van der Waals surface area contributed by atoms with Crippen molar-refractivity contribution in [3.63, 3.8) is 0 Å². The lowest BCUT2D eigenvalue weighted by atomic mass is 10.0. The Morgan fingerprint density at radius 3 is 1.81 bits per heavy atom. The monoisotopic (exact) mass is 637 g/mol. The van der Waals surface area contributed by atoms with Gasteiger partial charge in [0.05, 0.1) is 10.6 Å². The number of sulfonamides is 1. The standard InChI is InChI=1S/C33H33Cl2N3O4S/c1-24(2)36-33(40)31(18-25-12-6-3-7-13-25)37(22-26-14-8-4-9-15-26)32(39)23-38(29-20-27(34)19-28(35)21-29)43(41,42)30-16-10-5-11-17-30/h3-17,19-21,24,31H,18,22-23H2,1-2H3,(H,36,40)/t31-/m0/s1. The van der Waals surface area contributed by atoms with Crippen LogP contribution in [0.25, 0.3) is 0 Å². The van der Waals surface area contributed by atoms with Crippen molar-refractivity contribution < 1.29 is 18.0 Å². The normalized spacial score (nSPS) is 12.0. The summed E-state index contributed by atoms with van der Waals surface area (Å²) in [5.41, 5.74) is 1.77. The third-order valence-electron chi connectivity index (χ3n) is 6.64. The Morgan fingerprint density at radius 1 is 0.767 bits per heavy atom. The molecule has 4 rings (SSSR count). The predicted octanol–water partition coefficient (Wildman–Crippen LogP) is 6.35. The van der Waals surface area contributed by atoms with Crippen LogP contribution >= 0.6 is 23.2 Å². The molecule has 0 fully saturated rings. The van der Waals surface area contributed by atoms with Crippen LogP contribution in [-0.2, 0) is 32.6 Å². The van der Waals surface area contributed by atoms with E-state index in [1.807, 2.05) is 74.5 Å². The second kappa shape index (κ2) is 14.6. The average Bonchev–Trinajstić information content (AvgIpc) is 2.98. The van der Waals surface area contributed by atoms with E-state index >= 15 is 0 Å². The fourth-order valence-electron chi connectivity index (χ4n) is 4.65. The SMILES string of the molecule is CC(C)NC(=O)[C@H](Cc1ccccc1)N(Cc1ccccc1)C(=O)CN(c1cc(Cl)cc(Cl)c1)S(=O)(=O)c1ccccc1. The van der Waals surface area contributed by atoms with E-state index in [0.717, 1.165) is 15.4 Å². The number of nitrogens with one attached hydrogen (secondary N) is 1. The van der Waals surface area contributed by atoms with E-state index in [1.54, 1.807) is 18.2 Å². The first kappa shape index (κ1) is 32.1. The number of hydrogen-bond donors (Lipinski definition) is 1. The molecule has 0 aliphatic rings. The lowest BCUT2D eigenvalue weighted by Gasteiger charge is -2.34. The highest BCUT2D eigenvalue weighted by atomic mass is 35.5. The average molecular weight is 639 g/mol. The summed E-state index contributed by atoms with van der Waals surface area (Å²) in [5.74, 6) is -0.911. The largest absolute Gasteiger partial charge is 0.352 e. The van der Waals surface area contributed by atoms with Gasteiger partial charge in [-0.2, -0.15) is 0 Å². The summed E-state index contributed by atoms with van der Waals surface area (Å²) in [6, 6.07) is 29.7. The van der Waals surface area contributed by atoms with Crippen molar-refractivity contribution in [3.8, 4) is 0 Å². The second-order valence-corrected chi connectivity index (χ2v) is 13.1. The molecule has 0 aliphatic carbocycles. The minimum absolute atomic E-state index is 0.00751. The number of benzene rings is 4. The van der Waals surface area contributed by atoms with E-state index in [4.69, 9.17) is 23.2 Å².